The van der Waals surface area contributed by atoms with Crippen molar-refractivity contribution < 1.29 is 14.3 Å². The van der Waals surface area contributed by atoms with E-state index in [0.717, 1.165) is 16.6 Å². The first-order valence-electron chi connectivity index (χ1n) is 8.29. The zero-order valence-corrected chi connectivity index (χ0v) is 14.8. The average molecular weight is 360 g/mol. The van der Waals surface area contributed by atoms with Gasteiger partial charge in [-0.25, -0.2) is 9.97 Å². The number of H-pyrrole nitrogens is 1. The average Bonchev–Trinajstić information content (AvgIpc) is 3.14. The topological polar surface area (TPSA) is 90.0 Å². The van der Waals surface area contributed by atoms with Gasteiger partial charge in [0.15, 0.2) is 5.82 Å². The number of ether oxygens (including phenoxy) is 2. The fraction of sp³-hybridized carbons (Fsp3) is 0.100. The molecule has 0 amide bonds. The van der Waals surface area contributed by atoms with Crippen molar-refractivity contribution in [2.24, 2.45) is 0 Å². The van der Waals surface area contributed by atoms with Gasteiger partial charge < -0.3 is 14.5 Å². The molecule has 0 bridgehead atoms. The van der Waals surface area contributed by atoms with Crippen LogP contribution in [0.1, 0.15) is 21.7 Å². The third kappa shape index (κ3) is 3.35. The zero-order valence-electron chi connectivity index (χ0n) is 14.8. The summed E-state index contributed by atoms with van der Waals surface area (Å²) in [6, 6.07) is 14.6. The van der Waals surface area contributed by atoms with Crippen LogP contribution in [0.3, 0.4) is 0 Å². The number of methoxy groups -OCH3 is 1. The maximum atomic E-state index is 12.7. The van der Waals surface area contributed by atoms with E-state index < -0.39 is 0 Å². The quantitative estimate of drug-likeness (QED) is 0.546. The van der Waals surface area contributed by atoms with Gasteiger partial charge in [0.2, 0.25) is 11.7 Å². The lowest BCUT2D eigenvalue weighted by Gasteiger charge is -2.08. The number of nitrogens with one attached hydrogen (secondary N) is 1. The molecule has 7 nitrogen and oxygen atoms in total. The van der Waals surface area contributed by atoms with Crippen LogP contribution in [0.5, 0.6) is 17.6 Å². The van der Waals surface area contributed by atoms with Crippen molar-refractivity contribution in [2.45, 2.75) is 6.92 Å². The molecule has 1 N–H and O–H groups in total. The first-order chi connectivity index (χ1) is 13.1. The maximum Gasteiger partial charge on any atom is 0.319 e. The number of carbonyl (C=O) groups is 1. The molecule has 0 saturated carbocycles. The standard InChI is InChI=1S/C20H16N4O3/c1-12-11-21-20(26-2)24-19(12)27-14-9-7-13(8-10-14)17(25)18-22-15-5-3-4-6-16(15)23-18/h3-11H,1-2H3,(H,22,23). The molecule has 2 aromatic heterocycles. The zero-order chi connectivity index (χ0) is 18.8. The monoisotopic (exact) mass is 360 g/mol. The molecule has 27 heavy (non-hydrogen) atoms. The normalized spacial score (nSPS) is 10.7. The minimum Gasteiger partial charge on any atom is -0.467 e. The lowest BCUT2D eigenvalue weighted by Crippen LogP contribution is -2.03. The fourth-order valence-corrected chi connectivity index (χ4v) is 2.60. The summed E-state index contributed by atoms with van der Waals surface area (Å²) in [6.07, 6.45) is 1.63. The first-order valence-corrected chi connectivity index (χ1v) is 8.29. The summed E-state index contributed by atoms with van der Waals surface area (Å²) in [5.74, 6) is 1.08. The van der Waals surface area contributed by atoms with Crippen molar-refractivity contribution in [3.8, 4) is 17.6 Å². The largest absolute Gasteiger partial charge is 0.467 e. The van der Waals surface area contributed by atoms with E-state index in [9.17, 15) is 4.79 Å². The summed E-state index contributed by atoms with van der Waals surface area (Å²) < 4.78 is 10.8. The second-order valence-electron chi connectivity index (χ2n) is 5.90. The van der Waals surface area contributed by atoms with Crippen molar-refractivity contribution in [1.29, 1.82) is 0 Å². The van der Waals surface area contributed by atoms with E-state index in [4.69, 9.17) is 9.47 Å². The minimum absolute atomic E-state index is 0.183. The highest BCUT2D eigenvalue weighted by Gasteiger charge is 2.14. The second-order valence-corrected chi connectivity index (χ2v) is 5.90. The van der Waals surface area contributed by atoms with Crippen LogP contribution in [-0.4, -0.2) is 32.8 Å². The van der Waals surface area contributed by atoms with Gasteiger partial charge in [-0.05, 0) is 43.3 Å². The Bertz CT molecular complexity index is 1090. The van der Waals surface area contributed by atoms with E-state index in [2.05, 4.69) is 19.9 Å². The van der Waals surface area contributed by atoms with Crippen molar-refractivity contribution in [2.75, 3.05) is 7.11 Å². The number of para-hydroxylation sites is 2. The summed E-state index contributed by atoms with van der Waals surface area (Å²) in [4.78, 5) is 28.2. The molecule has 0 aliphatic heterocycles. The molecule has 134 valence electrons. The van der Waals surface area contributed by atoms with Gasteiger partial charge in [0.05, 0.1) is 18.1 Å². The number of imidazole rings is 1. The molecule has 4 aromatic rings. The number of benzene rings is 2. The van der Waals surface area contributed by atoms with Crippen molar-refractivity contribution >= 4 is 16.8 Å². The number of nitrogens with zero attached hydrogens (tertiary/aromatic N) is 3. The Balaban J connectivity index is 1.56. The molecule has 0 saturated heterocycles. The van der Waals surface area contributed by atoms with Crippen molar-refractivity contribution in [3.63, 3.8) is 0 Å². The van der Waals surface area contributed by atoms with Gasteiger partial charge >= 0.3 is 6.01 Å². The number of hydrogen-bond donors (Lipinski definition) is 1. The maximum absolute atomic E-state index is 12.7. The molecule has 0 fully saturated rings. The Morgan fingerprint density at radius 2 is 1.81 bits per heavy atom. The first kappa shape index (κ1) is 16.7. The van der Waals surface area contributed by atoms with Gasteiger partial charge in [0.25, 0.3) is 0 Å². The summed E-state index contributed by atoms with van der Waals surface area (Å²) in [5.41, 5.74) is 2.87. The number of aromatic amines is 1. The highest BCUT2D eigenvalue weighted by molar-refractivity contribution is 6.08. The number of fused-ring (bicyclic) bond motifs is 1. The Kier molecular flexibility index (Phi) is 4.25. The van der Waals surface area contributed by atoms with E-state index in [1.807, 2.05) is 31.2 Å². The number of rotatable bonds is 5. The number of ketones is 1. The van der Waals surface area contributed by atoms with Crippen LogP contribution in [0.15, 0.2) is 54.7 Å². The van der Waals surface area contributed by atoms with Crippen LogP contribution >= 0.6 is 0 Å². The number of carbonyl (C=O) groups excluding carboxylic acids is 1. The highest BCUT2D eigenvalue weighted by atomic mass is 16.5. The molecule has 0 aliphatic carbocycles. The van der Waals surface area contributed by atoms with Crippen molar-refractivity contribution in [1.82, 2.24) is 19.9 Å². The minimum atomic E-state index is -0.183. The van der Waals surface area contributed by atoms with E-state index in [1.165, 1.54) is 7.11 Å². The van der Waals surface area contributed by atoms with Crippen LogP contribution in [0.2, 0.25) is 0 Å². The Hall–Kier alpha value is -3.74. The molecular weight excluding hydrogens is 344 g/mol. The molecule has 2 aromatic carbocycles. The third-order valence-corrected chi connectivity index (χ3v) is 4.02. The van der Waals surface area contributed by atoms with E-state index in [1.54, 1.807) is 30.5 Å². The molecular formula is C20H16N4O3. The molecule has 0 aliphatic rings. The SMILES string of the molecule is COc1ncc(C)c(Oc2ccc(C(=O)c3nc4ccccc4[nH]3)cc2)n1. The van der Waals surface area contributed by atoms with Crippen LogP contribution in [0, 0.1) is 6.92 Å². The van der Waals surface area contributed by atoms with Gasteiger partial charge in [0.1, 0.15) is 5.75 Å². The molecule has 0 radical (unpaired) electrons. The third-order valence-electron chi connectivity index (χ3n) is 4.02. The molecule has 2 heterocycles. The Morgan fingerprint density at radius 3 is 2.56 bits per heavy atom. The van der Waals surface area contributed by atoms with Crippen LogP contribution in [-0.2, 0) is 0 Å². The predicted molar refractivity (Wildman–Crippen MR) is 99.4 cm³/mol. The second kappa shape index (κ2) is 6.87. The summed E-state index contributed by atoms with van der Waals surface area (Å²) in [5, 5.41) is 0. The van der Waals surface area contributed by atoms with Gasteiger partial charge in [0, 0.05) is 17.3 Å². The Labute approximate surface area is 155 Å². The predicted octanol–water partition coefficient (Wildman–Crippen LogP) is 3.69. The lowest BCUT2D eigenvalue weighted by molar-refractivity contribution is 0.103. The summed E-state index contributed by atoms with van der Waals surface area (Å²) in [7, 11) is 1.49. The molecule has 0 spiro atoms. The molecule has 7 heteroatoms. The van der Waals surface area contributed by atoms with Crippen molar-refractivity contribution in [3.05, 3.63) is 71.7 Å². The van der Waals surface area contributed by atoms with Gasteiger partial charge in [-0.3, -0.25) is 4.79 Å². The number of aromatic nitrogens is 4. The smallest absolute Gasteiger partial charge is 0.319 e. The Morgan fingerprint density at radius 1 is 1.04 bits per heavy atom. The fourth-order valence-electron chi connectivity index (χ4n) is 2.60. The van der Waals surface area contributed by atoms with E-state index in [0.29, 0.717) is 23.0 Å². The van der Waals surface area contributed by atoms with Crippen LogP contribution < -0.4 is 9.47 Å². The van der Waals surface area contributed by atoms with Crippen LogP contribution in [0.25, 0.3) is 11.0 Å². The molecule has 0 atom stereocenters. The molecule has 4 rings (SSSR count). The van der Waals surface area contributed by atoms with Crippen LogP contribution in [0.4, 0.5) is 0 Å². The van der Waals surface area contributed by atoms with Gasteiger partial charge in [-0.2, -0.15) is 4.98 Å². The lowest BCUT2D eigenvalue weighted by atomic mass is 10.1. The number of hydrogen-bond acceptors (Lipinski definition) is 6. The summed E-state index contributed by atoms with van der Waals surface area (Å²) >= 11 is 0. The highest BCUT2D eigenvalue weighted by Crippen LogP contribution is 2.24. The number of aryl methyl sites for hydroxylation is 1. The van der Waals surface area contributed by atoms with E-state index >= 15 is 0 Å². The summed E-state index contributed by atoms with van der Waals surface area (Å²) in [6.45, 7) is 1.84. The van der Waals surface area contributed by atoms with E-state index in [-0.39, 0.29) is 11.8 Å². The molecule has 0 unspecified atom stereocenters. The van der Waals surface area contributed by atoms with Gasteiger partial charge in [-0.1, -0.05) is 12.1 Å². The van der Waals surface area contributed by atoms with Gasteiger partial charge in [-0.15, -0.1) is 0 Å².